The third-order valence-corrected chi connectivity index (χ3v) is 6.31. The molecule has 2 aliphatic rings. The largest absolute Gasteiger partial charge is 0.493 e. The normalized spacial score (nSPS) is 17.8. The van der Waals surface area contributed by atoms with Gasteiger partial charge in [0, 0.05) is 42.4 Å². The molecule has 0 bridgehead atoms. The van der Waals surface area contributed by atoms with Gasteiger partial charge in [-0.1, -0.05) is 0 Å². The maximum absolute atomic E-state index is 12.4. The first-order valence-electron chi connectivity index (χ1n) is 11.5. The van der Waals surface area contributed by atoms with Gasteiger partial charge in [0.1, 0.15) is 12.2 Å². The monoisotopic (exact) mass is 464 g/mol. The number of rotatable bonds is 7. The van der Waals surface area contributed by atoms with Crippen molar-refractivity contribution < 1.29 is 23.7 Å². The van der Waals surface area contributed by atoms with Gasteiger partial charge in [-0.3, -0.25) is 10.3 Å². The molecule has 1 atom stereocenters. The van der Waals surface area contributed by atoms with Crippen LogP contribution < -0.4 is 24.4 Å². The lowest BCUT2D eigenvalue weighted by Gasteiger charge is -2.25. The summed E-state index contributed by atoms with van der Waals surface area (Å²) in [5, 5.41) is 3.71. The molecule has 9 heteroatoms. The molecule has 34 heavy (non-hydrogen) atoms. The van der Waals surface area contributed by atoms with Gasteiger partial charge in [-0.2, -0.15) is 0 Å². The molecule has 2 fully saturated rings. The molecule has 1 saturated heterocycles. The fraction of sp³-hybridized carbons (Fsp3) is 0.400. The van der Waals surface area contributed by atoms with E-state index in [0.29, 0.717) is 29.6 Å². The minimum absolute atomic E-state index is 0.224. The summed E-state index contributed by atoms with van der Waals surface area (Å²) >= 11 is 0. The highest BCUT2D eigenvalue weighted by molar-refractivity contribution is 5.94. The molecular weight excluding hydrogens is 436 g/mol. The Labute approximate surface area is 198 Å². The molecule has 1 unspecified atom stereocenters. The molecule has 1 N–H and O–H groups in total. The van der Waals surface area contributed by atoms with E-state index in [4.69, 9.17) is 18.9 Å². The van der Waals surface area contributed by atoms with Crippen molar-refractivity contribution in [1.82, 2.24) is 9.97 Å². The van der Waals surface area contributed by atoms with Crippen LogP contribution in [-0.4, -0.2) is 55.6 Å². The van der Waals surface area contributed by atoms with Crippen molar-refractivity contribution in [2.75, 3.05) is 37.5 Å². The maximum Gasteiger partial charge on any atom is 0.412 e. The summed E-state index contributed by atoms with van der Waals surface area (Å²) in [5.41, 5.74) is 2.40. The second kappa shape index (κ2) is 9.62. The molecule has 1 aliphatic heterocycles. The number of hydrogen-bond donors (Lipinski definition) is 1. The Hall–Kier alpha value is -3.75. The van der Waals surface area contributed by atoms with Gasteiger partial charge in [0.05, 0.1) is 38.2 Å². The number of anilines is 2. The SMILES string of the molecule is COc1cc2nccc(N3CCC(OC(=O)Nc4ccc(OC5CCC5)nc4)C3)c2cc1OC. The lowest BCUT2D eigenvalue weighted by Crippen LogP contribution is -2.27. The van der Waals surface area contributed by atoms with Crippen LogP contribution >= 0.6 is 0 Å². The van der Waals surface area contributed by atoms with E-state index in [1.54, 1.807) is 38.7 Å². The van der Waals surface area contributed by atoms with E-state index >= 15 is 0 Å². The zero-order valence-corrected chi connectivity index (χ0v) is 19.3. The maximum atomic E-state index is 12.4. The zero-order valence-electron chi connectivity index (χ0n) is 19.3. The average molecular weight is 465 g/mol. The van der Waals surface area contributed by atoms with Gasteiger partial charge in [-0.05, 0) is 37.5 Å². The van der Waals surface area contributed by atoms with Gasteiger partial charge < -0.3 is 23.8 Å². The van der Waals surface area contributed by atoms with E-state index in [1.165, 1.54) is 6.42 Å². The van der Waals surface area contributed by atoms with Crippen molar-refractivity contribution in [3.8, 4) is 17.4 Å². The van der Waals surface area contributed by atoms with Crippen LogP contribution in [0.25, 0.3) is 10.9 Å². The number of carbonyl (C=O) groups is 1. The predicted molar refractivity (Wildman–Crippen MR) is 128 cm³/mol. The average Bonchev–Trinajstić information content (AvgIpc) is 3.29. The second-order valence-electron chi connectivity index (χ2n) is 8.50. The highest BCUT2D eigenvalue weighted by Crippen LogP contribution is 2.36. The first-order chi connectivity index (χ1) is 16.6. The van der Waals surface area contributed by atoms with Crippen LogP contribution in [0.4, 0.5) is 16.2 Å². The highest BCUT2D eigenvalue weighted by Gasteiger charge is 2.27. The highest BCUT2D eigenvalue weighted by atomic mass is 16.6. The number of ether oxygens (including phenoxy) is 4. The Kier molecular flexibility index (Phi) is 6.24. The number of methoxy groups -OCH3 is 2. The number of pyridine rings is 2. The number of fused-ring (bicyclic) bond motifs is 1. The van der Waals surface area contributed by atoms with Gasteiger partial charge in [-0.25, -0.2) is 9.78 Å². The van der Waals surface area contributed by atoms with E-state index in [9.17, 15) is 4.79 Å². The summed E-state index contributed by atoms with van der Waals surface area (Å²) in [4.78, 5) is 23.4. The summed E-state index contributed by atoms with van der Waals surface area (Å²) < 4.78 is 22.3. The summed E-state index contributed by atoms with van der Waals surface area (Å²) in [6.45, 7) is 1.35. The summed E-state index contributed by atoms with van der Waals surface area (Å²) in [7, 11) is 3.22. The van der Waals surface area contributed by atoms with Crippen molar-refractivity contribution in [1.29, 1.82) is 0 Å². The first kappa shape index (κ1) is 22.1. The number of amides is 1. The fourth-order valence-corrected chi connectivity index (χ4v) is 4.26. The molecule has 0 spiro atoms. The lowest BCUT2D eigenvalue weighted by atomic mass is 9.96. The molecule has 5 rings (SSSR count). The molecule has 3 heterocycles. The molecule has 1 amide bonds. The number of carbonyl (C=O) groups excluding carboxylic acids is 1. The topological polar surface area (TPSA) is 95.0 Å². The number of hydrogen-bond acceptors (Lipinski definition) is 8. The molecule has 2 aromatic heterocycles. The summed E-state index contributed by atoms with van der Waals surface area (Å²) in [5.74, 6) is 1.86. The van der Waals surface area contributed by atoms with E-state index in [-0.39, 0.29) is 12.2 Å². The van der Waals surface area contributed by atoms with Gasteiger partial charge in [-0.15, -0.1) is 0 Å². The lowest BCUT2D eigenvalue weighted by molar-refractivity contribution is 0.114. The molecular formula is C25H28N4O5. The zero-order chi connectivity index (χ0) is 23.5. The Morgan fingerprint density at radius 3 is 2.56 bits per heavy atom. The van der Waals surface area contributed by atoms with Crippen LogP contribution in [-0.2, 0) is 4.74 Å². The van der Waals surface area contributed by atoms with Crippen molar-refractivity contribution >= 4 is 28.4 Å². The van der Waals surface area contributed by atoms with Crippen LogP contribution in [0.1, 0.15) is 25.7 Å². The van der Waals surface area contributed by atoms with Crippen LogP contribution in [0.15, 0.2) is 42.7 Å². The summed E-state index contributed by atoms with van der Waals surface area (Å²) in [6, 6.07) is 9.31. The third-order valence-electron chi connectivity index (χ3n) is 6.31. The van der Waals surface area contributed by atoms with Crippen LogP contribution in [0.5, 0.6) is 17.4 Å². The van der Waals surface area contributed by atoms with Crippen molar-refractivity contribution in [3.63, 3.8) is 0 Å². The van der Waals surface area contributed by atoms with E-state index in [0.717, 1.165) is 42.4 Å². The van der Waals surface area contributed by atoms with Crippen molar-refractivity contribution in [2.24, 2.45) is 0 Å². The standard InChI is InChI=1S/C25H28N4O5/c1-31-22-12-19-20(13-23(22)32-2)26-10-8-21(19)29-11-9-18(15-29)34-25(30)28-16-6-7-24(27-14-16)33-17-4-3-5-17/h6-8,10,12-14,17-18H,3-5,9,11,15H2,1-2H3,(H,28,30). The van der Waals surface area contributed by atoms with Crippen molar-refractivity contribution in [2.45, 2.75) is 37.9 Å². The molecule has 178 valence electrons. The fourth-order valence-electron chi connectivity index (χ4n) is 4.26. The predicted octanol–water partition coefficient (Wildman–Crippen LogP) is 4.41. The van der Waals surface area contributed by atoms with Gasteiger partial charge >= 0.3 is 6.09 Å². The third kappa shape index (κ3) is 4.64. The number of benzene rings is 1. The van der Waals surface area contributed by atoms with Gasteiger partial charge in [0.25, 0.3) is 0 Å². The minimum atomic E-state index is -0.493. The second-order valence-corrected chi connectivity index (χ2v) is 8.50. The smallest absolute Gasteiger partial charge is 0.412 e. The van der Waals surface area contributed by atoms with Gasteiger partial charge in [0.2, 0.25) is 5.88 Å². The Bertz CT molecular complexity index is 1170. The minimum Gasteiger partial charge on any atom is -0.493 e. The van der Waals surface area contributed by atoms with Crippen LogP contribution in [0, 0.1) is 0 Å². The molecule has 3 aromatic rings. The Morgan fingerprint density at radius 2 is 1.85 bits per heavy atom. The van der Waals surface area contributed by atoms with Crippen LogP contribution in [0.3, 0.4) is 0 Å². The molecule has 9 nitrogen and oxygen atoms in total. The van der Waals surface area contributed by atoms with E-state index in [1.807, 2.05) is 18.2 Å². The first-order valence-corrected chi connectivity index (χ1v) is 11.5. The molecule has 1 aliphatic carbocycles. The number of aromatic nitrogens is 2. The Morgan fingerprint density at radius 1 is 1.03 bits per heavy atom. The Balaban J connectivity index is 1.20. The number of nitrogens with zero attached hydrogens (tertiary/aromatic N) is 3. The van der Waals surface area contributed by atoms with Crippen molar-refractivity contribution in [3.05, 3.63) is 42.7 Å². The molecule has 0 radical (unpaired) electrons. The summed E-state index contributed by atoms with van der Waals surface area (Å²) in [6.07, 6.45) is 6.99. The van der Waals surface area contributed by atoms with Crippen LogP contribution in [0.2, 0.25) is 0 Å². The molecule has 1 aromatic carbocycles. The van der Waals surface area contributed by atoms with E-state index < -0.39 is 6.09 Å². The van der Waals surface area contributed by atoms with Gasteiger partial charge in [0.15, 0.2) is 11.5 Å². The quantitative estimate of drug-likeness (QED) is 0.550. The van der Waals surface area contributed by atoms with E-state index in [2.05, 4.69) is 20.2 Å². The molecule has 1 saturated carbocycles. The number of nitrogens with one attached hydrogen (secondary N) is 1.